The summed E-state index contributed by atoms with van der Waals surface area (Å²) in [6, 6.07) is 12.9. The summed E-state index contributed by atoms with van der Waals surface area (Å²) in [5, 5.41) is 0. The summed E-state index contributed by atoms with van der Waals surface area (Å²) >= 11 is 0. The molecule has 0 heterocycles. The average molecular weight is 269 g/mol. The van der Waals surface area contributed by atoms with Crippen LogP contribution < -0.4 is 16.4 Å². The summed E-state index contributed by atoms with van der Waals surface area (Å²) in [7, 11) is 0. The molecule has 0 spiro atoms. The minimum Gasteiger partial charge on any atom is -0.398 e. The van der Waals surface area contributed by atoms with E-state index in [-0.39, 0.29) is 5.91 Å². The maximum atomic E-state index is 12.6. The molecule has 20 heavy (non-hydrogen) atoms. The molecule has 4 N–H and O–H groups in total. The quantitative estimate of drug-likeness (QED) is 0.841. The largest absolute Gasteiger partial charge is 0.398 e. The van der Waals surface area contributed by atoms with Crippen molar-refractivity contribution in [2.24, 2.45) is 0 Å². The first kappa shape index (κ1) is 13.9. The van der Waals surface area contributed by atoms with Gasteiger partial charge in [0.25, 0.3) is 5.91 Å². The van der Waals surface area contributed by atoms with E-state index in [0.29, 0.717) is 23.5 Å². The van der Waals surface area contributed by atoms with E-state index >= 15 is 0 Å². The van der Waals surface area contributed by atoms with Crippen molar-refractivity contribution in [3.05, 3.63) is 53.6 Å². The van der Waals surface area contributed by atoms with E-state index in [2.05, 4.69) is 0 Å². The second-order valence-electron chi connectivity index (χ2n) is 4.66. The fraction of sp³-hybridized carbons (Fsp3) is 0.188. The third-order valence-corrected chi connectivity index (χ3v) is 3.36. The van der Waals surface area contributed by atoms with Gasteiger partial charge in [0, 0.05) is 29.2 Å². The lowest BCUT2D eigenvalue weighted by atomic mass is 10.1. The van der Waals surface area contributed by atoms with Gasteiger partial charge in [-0.3, -0.25) is 4.79 Å². The zero-order chi connectivity index (χ0) is 14.7. The lowest BCUT2D eigenvalue weighted by Crippen LogP contribution is -2.30. The van der Waals surface area contributed by atoms with E-state index in [9.17, 15) is 4.79 Å². The molecule has 0 aliphatic carbocycles. The smallest absolute Gasteiger partial charge is 0.258 e. The first-order valence-electron chi connectivity index (χ1n) is 6.57. The third kappa shape index (κ3) is 2.59. The molecule has 4 heteroatoms. The fourth-order valence-electron chi connectivity index (χ4n) is 2.09. The van der Waals surface area contributed by atoms with E-state index in [1.807, 2.05) is 44.2 Å². The number of hydrogen-bond acceptors (Lipinski definition) is 3. The number of nitrogens with zero attached hydrogens (tertiary/aromatic N) is 1. The van der Waals surface area contributed by atoms with E-state index in [4.69, 9.17) is 11.5 Å². The van der Waals surface area contributed by atoms with Gasteiger partial charge in [-0.15, -0.1) is 0 Å². The lowest BCUT2D eigenvalue weighted by Gasteiger charge is -2.21. The van der Waals surface area contributed by atoms with Crippen LogP contribution in [0.5, 0.6) is 0 Å². The number of amides is 1. The molecule has 0 aliphatic heterocycles. The Hall–Kier alpha value is -2.49. The Kier molecular flexibility index (Phi) is 3.94. The molecule has 0 unspecified atom stereocenters. The van der Waals surface area contributed by atoms with Gasteiger partial charge in [0.05, 0.1) is 0 Å². The first-order chi connectivity index (χ1) is 9.54. The van der Waals surface area contributed by atoms with Crippen LogP contribution in [0.1, 0.15) is 22.8 Å². The second-order valence-corrected chi connectivity index (χ2v) is 4.66. The molecule has 0 atom stereocenters. The monoisotopic (exact) mass is 269 g/mol. The Labute approximate surface area is 119 Å². The average Bonchev–Trinajstić information content (AvgIpc) is 2.46. The van der Waals surface area contributed by atoms with Crippen LogP contribution in [0, 0.1) is 6.92 Å². The highest BCUT2D eigenvalue weighted by atomic mass is 16.2. The molecule has 0 saturated carbocycles. The van der Waals surface area contributed by atoms with E-state index in [0.717, 1.165) is 11.3 Å². The number of rotatable bonds is 3. The summed E-state index contributed by atoms with van der Waals surface area (Å²) in [5.41, 5.74) is 15.0. The standard InChI is InChI=1S/C16H19N3O/c1-3-19(13-7-5-4-6-8-13)16(20)12-9-14(17)11(2)15(18)10-12/h4-10H,3,17-18H2,1-2H3. The van der Waals surface area contributed by atoms with Crippen molar-refractivity contribution in [2.45, 2.75) is 13.8 Å². The normalized spacial score (nSPS) is 10.3. The molecule has 0 bridgehead atoms. The van der Waals surface area contributed by atoms with Gasteiger partial charge in [-0.25, -0.2) is 0 Å². The highest BCUT2D eigenvalue weighted by Gasteiger charge is 2.17. The number of carbonyl (C=O) groups excluding carboxylic acids is 1. The summed E-state index contributed by atoms with van der Waals surface area (Å²) in [4.78, 5) is 14.3. The van der Waals surface area contributed by atoms with Crippen LogP contribution in [-0.4, -0.2) is 12.5 Å². The molecule has 2 rings (SSSR count). The Morgan fingerprint density at radius 2 is 1.65 bits per heavy atom. The summed E-state index contributed by atoms with van der Waals surface area (Å²) in [6.07, 6.45) is 0. The summed E-state index contributed by atoms with van der Waals surface area (Å²) < 4.78 is 0. The van der Waals surface area contributed by atoms with Crippen LogP contribution in [-0.2, 0) is 0 Å². The van der Waals surface area contributed by atoms with Gasteiger partial charge in [0.1, 0.15) is 0 Å². The van der Waals surface area contributed by atoms with Crippen LogP contribution in [0.3, 0.4) is 0 Å². The number of nitrogens with two attached hydrogens (primary N) is 2. The minimum absolute atomic E-state index is 0.0999. The zero-order valence-electron chi connectivity index (χ0n) is 11.8. The number of anilines is 3. The predicted octanol–water partition coefficient (Wildman–Crippen LogP) is 2.83. The second kappa shape index (κ2) is 5.65. The molecule has 4 nitrogen and oxygen atoms in total. The van der Waals surface area contributed by atoms with Gasteiger partial charge >= 0.3 is 0 Å². The number of para-hydroxylation sites is 1. The van der Waals surface area contributed by atoms with Crippen LogP contribution in [0.15, 0.2) is 42.5 Å². The van der Waals surface area contributed by atoms with Crippen LogP contribution in [0.4, 0.5) is 17.1 Å². The molecule has 2 aromatic rings. The van der Waals surface area contributed by atoms with E-state index in [1.165, 1.54) is 0 Å². The number of benzene rings is 2. The van der Waals surface area contributed by atoms with Crippen molar-refractivity contribution in [1.29, 1.82) is 0 Å². The van der Waals surface area contributed by atoms with Gasteiger partial charge < -0.3 is 16.4 Å². The maximum Gasteiger partial charge on any atom is 0.258 e. The van der Waals surface area contributed by atoms with Crippen molar-refractivity contribution in [3.63, 3.8) is 0 Å². The molecule has 0 fully saturated rings. The van der Waals surface area contributed by atoms with E-state index in [1.54, 1.807) is 17.0 Å². The van der Waals surface area contributed by atoms with Crippen molar-refractivity contribution in [2.75, 3.05) is 22.9 Å². The Bertz CT molecular complexity index is 600. The van der Waals surface area contributed by atoms with Gasteiger partial charge in [0.15, 0.2) is 0 Å². The highest BCUT2D eigenvalue weighted by molar-refractivity contribution is 6.07. The maximum absolute atomic E-state index is 12.6. The van der Waals surface area contributed by atoms with Gasteiger partial charge in [-0.05, 0) is 43.7 Å². The van der Waals surface area contributed by atoms with Crippen molar-refractivity contribution in [1.82, 2.24) is 0 Å². The Balaban J connectivity index is 2.39. The van der Waals surface area contributed by atoms with Gasteiger partial charge in [0.2, 0.25) is 0 Å². The van der Waals surface area contributed by atoms with Crippen molar-refractivity contribution in [3.8, 4) is 0 Å². The van der Waals surface area contributed by atoms with Crippen LogP contribution in [0.25, 0.3) is 0 Å². The molecule has 0 aromatic heterocycles. The van der Waals surface area contributed by atoms with Crippen LogP contribution in [0.2, 0.25) is 0 Å². The zero-order valence-corrected chi connectivity index (χ0v) is 11.8. The van der Waals surface area contributed by atoms with Gasteiger partial charge in [-0.2, -0.15) is 0 Å². The number of carbonyl (C=O) groups is 1. The van der Waals surface area contributed by atoms with Crippen LogP contribution >= 0.6 is 0 Å². The van der Waals surface area contributed by atoms with Crippen molar-refractivity contribution >= 4 is 23.0 Å². The molecule has 0 aliphatic rings. The SMILES string of the molecule is CCN(C(=O)c1cc(N)c(C)c(N)c1)c1ccccc1. The summed E-state index contributed by atoms with van der Waals surface area (Å²) in [6.45, 7) is 4.36. The highest BCUT2D eigenvalue weighted by Crippen LogP contribution is 2.23. The number of nitrogen functional groups attached to an aromatic ring is 2. The molecule has 2 aromatic carbocycles. The van der Waals surface area contributed by atoms with Crippen molar-refractivity contribution < 1.29 is 4.79 Å². The lowest BCUT2D eigenvalue weighted by molar-refractivity contribution is 0.0988. The molecule has 0 radical (unpaired) electrons. The molecular formula is C16H19N3O. The summed E-state index contributed by atoms with van der Waals surface area (Å²) in [5.74, 6) is -0.0999. The first-order valence-corrected chi connectivity index (χ1v) is 6.57. The Morgan fingerprint density at radius 1 is 1.10 bits per heavy atom. The molecular weight excluding hydrogens is 250 g/mol. The van der Waals surface area contributed by atoms with Gasteiger partial charge in [-0.1, -0.05) is 18.2 Å². The number of hydrogen-bond donors (Lipinski definition) is 2. The predicted molar refractivity (Wildman–Crippen MR) is 83.8 cm³/mol. The third-order valence-electron chi connectivity index (χ3n) is 3.36. The molecule has 0 saturated heterocycles. The minimum atomic E-state index is -0.0999. The fourth-order valence-corrected chi connectivity index (χ4v) is 2.09. The topological polar surface area (TPSA) is 72.3 Å². The Morgan fingerprint density at radius 3 is 2.15 bits per heavy atom. The molecule has 104 valence electrons. The van der Waals surface area contributed by atoms with E-state index < -0.39 is 0 Å². The molecule has 1 amide bonds.